The van der Waals surface area contributed by atoms with Crippen molar-refractivity contribution in [1.82, 2.24) is 15.1 Å². The van der Waals surface area contributed by atoms with Crippen LogP contribution in [-0.4, -0.2) is 47.3 Å². The lowest BCUT2D eigenvalue weighted by molar-refractivity contribution is -0.141. The standard InChI is InChI=1S/C21H27N3O3S/c25-18(23-10-7-14-4-1-2-5-15(14)12-23)13-24-19(26)21(22-20(24)27)9-3-6-17-16(21)8-11-28-17/h8,11,14-15H,1-7,9-10,12-13H2,(H,22,27)/t14-,15-,21-/m0/s1. The number of amides is 4. The Morgan fingerprint density at radius 3 is 2.86 bits per heavy atom. The van der Waals surface area contributed by atoms with Gasteiger partial charge in [-0.3, -0.25) is 14.5 Å². The average Bonchev–Trinajstić information content (AvgIpc) is 3.28. The number of rotatable bonds is 2. The number of carbonyl (C=O) groups is 3. The molecule has 2 aliphatic carbocycles. The highest BCUT2D eigenvalue weighted by Gasteiger charge is 2.54. The lowest BCUT2D eigenvalue weighted by atomic mass is 9.75. The van der Waals surface area contributed by atoms with Gasteiger partial charge in [-0.2, -0.15) is 0 Å². The van der Waals surface area contributed by atoms with Crippen LogP contribution in [0, 0.1) is 11.8 Å². The Balaban J connectivity index is 1.30. The van der Waals surface area contributed by atoms with Crippen molar-refractivity contribution in [2.45, 2.75) is 56.9 Å². The van der Waals surface area contributed by atoms with Gasteiger partial charge in [-0.15, -0.1) is 11.3 Å². The molecule has 7 heteroatoms. The van der Waals surface area contributed by atoms with Crippen molar-refractivity contribution >= 4 is 29.2 Å². The third-order valence-electron chi connectivity index (χ3n) is 7.27. The molecule has 5 rings (SSSR count). The van der Waals surface area contributed by atoms with E-state index in [9.17, 15) is 14.4 Å². The van der Waals surface area contributed by atoms with E-state index in [1.165, 1.54) is 30.6 Å². The fourth-order valence-corrected chi connectivity index (χ4v) is 6.75. The van der Waals surface area contributed by atoms with Crippen LogP contribution in [0.15, 0.2) is 11.4 Å². The average molecular weight is 402 g/mol. The third kappa shape index (κ3) is 2.78. The van der Waals surface area contributed by atoms with E-state index in [1.807, 2.05) is 16.3 Å². The van der Waals surface area contributed by atoms with E-state index in [2.05, 4.69) is 5.32 Å². The van der Waals surface area contributed by atoms with Crippen molar-refractivity contribution in [3.63, 3.8) is 0 Å². The molecule has 3 heterocycles. The maximum Gasteiger partial charge on any atom is 0.325 e. The van der Waals surface area contributed by atoms with Crippen molar-refractivity contribution in [3.05, 3.63) is 21.9 Å². The van der Waals surface area contributed by atoms with Gasteiger partial charge >= 0.3 is 6.03 Å². The summed E-state index contributed by atoms with van der Waals surface area (Å²) in [6.45, 7) is 1.40. The van der Waals surface area contributed by atoms with Crippen molar-refractivity contribution in [2.24, 2.45) is 11.8 Å². The van der Waals surface area contributed by atoms with Gasteiger partial charge in [-0.05, 0) is 55.4 Å². The molecule has 2 saturated heterocycles. The number of hydrogen-bond acceptors (Lipinski definition) is 4. The van der Waals surface area contributed by atoms with E-state index in [0.29, 0.717) is 12.3 Å². The van der Waals surface area contributed by atoms with Crippen LogP contribution in [0.2, 0.25) is 0 Å². The monoisotopic (exact) mass is 401 g/mol. The fraction of sp³-hybridized carbons (Fsp3) is 0.667. The summed E-state index contributed by atoms with van der Waals surface area (Å²) in [5, 5.41) is 4.92. The molecular formula is C21H27N3O3S. The first-order valence-corrected chi connectivity index (χ1v) is 11.5. The van der Waals surface area contributed by atoms with Crippen LogP contribution in [0.5, 0.6) is 0 Å². The number of likely N-dealkylation sites (tertiary alicyclic amines) is 1. The summed E-state index contributed by atoms with van der Waals surface area (Å²) < 4.78 is 0. The lowest BCUT2D eigenvalue weighted by Crippen LogP contribution is -2.50. The molecule has 4 amide bonds. The molecule has 1 aromatic heterocycles. The first-order chi connectivity index (χ1) is 13.6. The maximum absolute atomic E-state index is 13.3. The first kappa shape index (κ1) is 18.2. The molecule has 1 aromatic rings. The second kappa shape index (κ2) is 6.87. The highest BCUT2D eigenvalue weighted by Crippen LogP contribution is 2.42. The summed E-state index contributed by atoms with van der Waals surface area (Å²) in [4.78, 5) is 43.1. The number of hydrogen-bond donors (Lipinski definition) is 1. The predicted octanol–water partition coefficient (Wildman–Crippen LogP) is 2.87. The van der Waals surface area contributed by atoms with Crippen LogP contribution in [0.3, 0.4) is 0 Å². The molecule has 150 valence electrons. The number of carbonyl (C=O) groups excluding carboxylic acids is 3. The van der Waals surface area contributed by atoms with Crippen molar-refractivity contribution in [1.29, 1.82) is 0 Å². The van der Waals surface area contributed by atoms with E-state index in [4.69, 9.17) is 0 Å². The van der Waals surface area contributed by atoms with Gasteiger partial charge in [0.15, 0.2) is 0 Å². The van der Waals surface area contributed by atoms with Crippen LogP contribution in [0.4, 0.5) is 4.79 Å². The Kier molecular flexibility index (Phi) is 4.45. The molecule has 0 bridgehead atoms. The van der Waals surface area contributed by atoms with E-state index >= 15 is 0 Å². The van der Waals surface area contributed by atoms with E-state index in [1.54, 1.807) is 11.3 Å². The molecule has 6 nitrogen and oxygen atoms in total. The zero-order chi connectivity index (χ0) is 19.3. The van der Waals surface area contributed by atoms with Gasteiger partial charge in [-0.25, -0.2) is 4.79 Å². The van der Waals surface area contributed by atoms with Gasteiger partial charge in [0.25, 0.3) is 5.91 Å². The van der Waals surface area contributed by atoms with Crippen LogP contribution < -0.4 is 5.32 Å². The Bertz CT molecular complexity index is 822. The lowest BCUT2D eigenvalue weighted by Gasteiger charge is -2.41. The highest BCUT2D eigenvalue weighted by atomic mass is 32.1. The largest absolute Gasteiger partial charge is 0.341 e. The van der Waals surface area contributed by atoms with Gasteiger partial charge in [-0.1, -0.05) is 19.3 Å². The minimum atomic E-state index is -0.957. The van der Waals surface area contributed by atoms with Crippen molar-refractivity contribution in [3.8, 4) is 0 Å². The normalized spacial score (nSPS) is 32.3. The first-order valence-electron chi connectivity index (χ1n) is 10.6. The fourth-order valence-electron chi connectivity index (χ4n) is 5.75. The number of fused-ring (bicyclic) bond motifs is 3. The summed E-state index contributed by atoms with van der Waals surface area (Å²) in [6.07, 6.45) is 8.53. The molecule has 3 fully saturated rings. The number of nitrogens with one attached hydrogen (secondary N) is 1. The summed E-state index contributed by atoms with van der Waals surface area (Å²) in [5.41, 5.74) is -0.0264. The minimum Gasteiger partial charge on any atom is -0.341 e. The molecule has 4 aliphatic rings. The molecule has 1 saturated carbocycles. The zero-order valence-electron chi connectivity index (χ0n) is 16.1. The SMILES string of the molecule is O=C(CN1C(=O)N[C@]2(CCCc3sccc32)C1=O)N1CC[C@@H]2CCCC[C@H]2C1. The Morgan fingerprint density at radius 2 is 2.00 bits per heavy atom. The Morgan fingerprint density at radius 1 is 1.18 bits per heavy atom. The number of nitrogens with zero attached hydrogens (tertiary/aromatic N) is 2. The number of thiophene rings is 1. The van der Waals surface area contributed by atoms with E-state index < -0.39 is 11.6 Å². The number of imide groups is 1. The molecule has 0 radical (unpaired) electrons. The Hall–Kier alpha value is -1.89. The van der Waals surface area contributed by atoms with Crippen LogP contribution >= 0.6 is 11.3 Å². The molecular weight excluding hydrogens is 374 g/mol. The summed E-state index contributed by atoms with van der Waals surface area (Å²) >= 11 is 1.64. The van der Waals surface area contributed by atoms with Gasteiger partial charge in [0, 0.05) is 23.5 Å². The maximum atomic E-state index is 13.3. The van der Waals surface area contributed by atoms with Crippen LogP contribution in [0.1, 0.15) is 55.4 Å². The molecule has 1 spiro atoms. The second-order valence-corrected chi connectivity index (χ2v) is 9.77. The number of aryl methyl sites for hydroxylation is 1. The van der Waals surface area contributed by atoms with Gasteiger partial charge in [0.1, 0.15) is 12.1 Å². The van der Waals surface area contributed by atoms with Crippen molar-refractivity contribution < 1.29 is 14.4 Å². The molecule has 0 unspecified atom stereocenters. The predicted molar refractivity (Wildman–Crippen MR) is 106 cm³/mol. The van der Waals surface area contributed by atoms with Gasteiger partial charge in [0.05, 0.1) is 0 Å². The van der Waals surface area contributed by atoms with Gasteiger partial charge in [0.2, 0.25) is 5.91 Å². The zero-order valence-corrected chi connectivity index (χ0v) is 16.9. The third-order valence-corrected chi connectivity index (χ3v) is 8.25. The second-order valence-electron chi connectivity index (χ2n) is 8.77. The van der Waals surface area contributed by atoms with E-state index in [0.717, 1.165) is 48.7 Å². The van der Waals surface area contributed by atoms with Crippen LogP contribution in [0.25, 0.3) is 0 Å². The molecule has 3 atom stereocenters. The highest BCUT2D eigenvalue weighted by molar-refractivity contribution is 7.10. The molecule has 1 N–H and O–H groups in total. The molecule has 28 heavy (non-hydrogen) atoms. The molecule has 0 aromatic carbocycles. The topological polar surface area (TPSA) is 69.7 Å². The summed E-state index contributed by atoms with van der Waals surface area (Å²) in [7, 11) is 0. The minimum absolute atomic E-state index is 0.0917. The number of piperidine rings is 1. The summed E-state index contributed by atoms with van der Waals surface area (Å²) in [5.74, 6) is 0.994. The van der Waals surface area contributed by atoms with Gasteiger partial charge < -0.3 is 10.2 Å². The smallest absolute Gasteiger partial charge is 0.325 e. The quantitative estimate of drug-likeness (QED) is 0.775. The van der Waals surface area contributed by atoms with Crippen LogP contribution in [-0.2, 0) is 21.5 Å². The Labute approximate surface area is 169 Å². The number of urea groups is 1. The summed E-state index contributed by atoms with van der Waals surface area (Å²) in [6, 6.07) is 1.53. The van der Waals surface area contributed by atoms with Crippen molar-refractivity contribution in [2.75, 3.05) is 19.6 Å². The van der Waals surface area contributed by atoms with E-state index in [-0.39, 0.29) is 18.4 Å². The molecule has 2 aliphatic heterocycles.